The third-order valence-corrected chi connectivity index (χ3v) is 12.6. The number of hydrogen-bond acceptors (Lipinski definition) is 2. The summed E-state index contributed by atoms with van der Waals surface area (Å²) in [5.74, 6) is 0. The molecule has 3 heterocycles. The predicted molar refractivity (Wildman–Crippen MR) is 248 cm³/mol. The van der Waals surface area contributed by atoms with Crippen LogP contribution in [0.15, 0.2) is 207 Å². The normalized spacial score (nSPS) is 12.1. The molecule has 0 amide bonds. The fourth-order valence-corrected chi connectivity index (χ4v) is 9.97. The second kappa shape index (κ2) is 13.2. The van der Waals surface area contributed by atoms with Crippen molar-refractivity contribution in [2.24, 2.45) is 0 Å². The van der Waals surface area contributed by atoms with E-state index in [2.05, 4.69) is 198 Å². The highest BCUT2D eigenvalue weighted by atomic mass is 32.1. The van der Waals surface area contributed by atoms with E-state index in [9.17, 15) is 0 Å². The molecule has 0 aliphatic carbocycles. The fraction of sp³-hybridized carbons (Fsp3) is 0. The molecule has 11 rings (SSSR count). The zero-order chi connectivity index (χ0) is 38.0. The van der Waals surface area contributed by atoms with Crippen LogP contribution in [0.1, 0.15) is 5.56 Å². The van der Waals surface area contributed by atoms with Gasteiger partial charge in [0, 0.05) is 58.8 Å². The van der Waals surface area contributed by atoms with Gasteiger partial charge in [-0.05, 0) is 94.1 Å². The zero-order valence-corrected chi connectivity index (χ0v) is 32.0. The molecule has 0 saturated carbocycles. The molecule has 0 radical (unpaired) electrons. The molecule has 2 nitrogen and oxygen atoms in total. The van der Waals surface area contributed by atoms with Gasteiger partial charge in [0.25, 0.3) is 0 Å². The lowest BCUT2D eigenvalue weighted by molar-refractivity contribution is 1.29. The number of rotatable bonds is 8. The van der Waals surface area contributed by atoms with Gasteiger partial charge in [-0.3, -0.25) is 0 Å². The Morgan fingerprint density at radius 2 is 1.04 bits per heavy atom. The van der Waals surface area contributed by atoms with Gasteiger partial charge in [-0.2, -0.15) is 0 Å². The minimum atomic E-state index is 1.04. The summed E-state index contributed by atoms with van der Waals surface area (Å²) in [6, 6.07) is 64.5. The molecule has 0 N–H and O–H groups in total. The van der Waals surface area contributed by atoms with Gasteiger partial charge in [-0.25, -0.2) is 0 Å². The molecule has 3 heteroatoms. The molecular formula is C54H36N2S. The van der Waals surface area contributed by atoms with Crippen LogP contribution in [0.4, 0.5) is 17.1 Å². The van der Waals surface area contributed by atoms with E-state index >= 15 is 0 Å². The Hall–Kier alpha value is -7.20. The average molecular weight is 745 g/mol. The highest BCUT2D eigenvalue weighted by Crippen LogP contribution is 2.44. The lowest BCUT2D eigenvalue weighted by atomic mass is 10.0. The number of thiophene rings is 1. The van der Waals surface area contributed by atoms with Crippen LogP contribution in [0.25, 0.3) is 86.1 Å². The third-order valence-electron chi connectivity index (χ3n) is 11.5. The monoisotopic (exact) mass is 744 g/mol. The van der Waals surface area contributed by atoms with E-state index in [-0.39, 0.29) is 0 Å². The van der Waals surface area contributed by atoms with Gasteiger partial charge in [0.1, 0.15) is 0 Å². The van der Waals surface area contributed by atoms with Gasteiger partial charge in [0.05, 0.1) is 16.6 Å². The molecule has 0 spiro atoms. The van der Waals surface area contributed by atoms with Gasteiger partial charge in [-0.1, -0.05) is 147 Å². The predicted octanol–water partition coefficient (Wildman–Crippen LogP) is 15.8. The minimum absolute atomic E-state index is 1.04. The number of allylic oxidation sites excluding steroid dienone is 4. The maximum absolute atomic E-state index is 4.02. The second-order valence-electron chi connectivity index (χ2n) is 14.6. The lowest BCUT2D eigenvalue weighted by Crippen LogP contribution is -2.09. The first-order valence-corrected chi connectivity index (χ1v) is 20.1. The SMILES string of the molecule is C=CC=C(C=C)c1ccc(N(c2ccc(-c3ccccc3)cc2)c2ccc3c(c2)sc2cc(-c4ccc5c(c4)c4cccc6c7ccccc7n5c64)ccc23)cc1. The van der Waals surface area contributed by atoms with Crippen molar-refractivity contribution in [2.75, 3.05) is 4.90 Å². The smallest absolute Gasteiger partial charge is 0.0620 e. The van der Waals surface area contributed by atoms with E-state index in [1.54, 1.807) is 6.08 Å². The highest BCUT2D eigenvalue weighted by molar-refractivity contribution is 7.25. The van der Waals surface area contributed by atoms with Crippen LogP contribution in [-0.4, -0.2) is 4.40 Å². The number of nitrogens with zero attached hydrogens (tertiary/aromatic N) is 2. The first-order valence-electron chi connectivity index (χ1n) is 19.3. The number of hydrogen-bond donors (Lipinski definition) is 0. The summed E-state index contributed by atoms with van der Waals surface area (Å²) in [5, 5.41) is 7.78. The number of benzene rings is 8. The van der Waals surface area contributed by atoms with E-state index in [4.69, 9.17) is 0 Å². The molecule has 3 aromatic heterocycles. The quantitative estimate of drug-likeness (QED) is 0.141. The first kappa shape index (κ1) is 33.2. The van der Waals surface area contributed by atoms with E-state index in [0.717, 1.165) is 28.2 Å². The van der Waals surface area contributed by atoms with Crippen molar-refractivity contribution in [3.8, 4) is 22.3 Å². The molecule has 57 heavy (non-hydrogen) atoms. The van der Waals surface area contributed by atoms with Gasteiger partial charge in [0.2, 0.25) is 0 Å². The first-order chi connectivity index (χ1) is 28.2. The molecule has 0 saturated heterocycles. The van der Waals surface area contributed by atoms with Crippen LogP contribution >= 0.6 is 11.3 Å². The van der Waals surface area contributed by atoms with Crippen molar-refractivity contribution in [1.82, 2.24) is 4.40 Å². The van der Waals surface area contributed by atoms with Crippen LogP contribution in [0.2, 0.25) is 0 Å². The van der Waals surface area contributed by atoms with Gasteiger partial charge < -0.3 is 9.30 Å². The third kappa shape index (κ3) is 5.32. The van der Waals surface area contributed by atoms with Gasteiger partial charge >= 0.3 is 0 Å². The molecule has 0 unspecified atom stereocenters. The fourth-order valence-electron chi connectivity index (χ4n) is 8.79. The van der Waals surface area contributed by atoms with E-state index in [1.165, 1.54) is 80.5 Å². The summed E-state index contributed by atoms with van der Waals surface area (Å²) in [4.78, 5) is 2.35. The Balaban J connectivity index is 1.00. The van der Waals surface area contributed by atoms with Crippen LogP contribution in [0.3, 0.4) is 0 Å². The Morgan fingerprint density at radius 3 is 1.81 bits per heavy atom. The average Bonchev–Trinajstić information content (AvgIpc) is 3.93. The largest absolute Gasteiger partial charge is 0.310 e. The Kier molecular flexibility index (Phi) is 7.70. The summed E-state index contributed by atoms with van der Waals surface area (Å²) < 4.78 is 4.99. The topological polar surface area (TPSA) is 7.65 Å². The summed E-state index contributed by atoms with van der Waals surface area (Å²) >= 11 is 1.86. The molecule has 0 aliphatic heterocycles. The number of para-hydroxylation sites is 2. The van der Waals surface area contributed by atoms with Gasteiger partial charge in [-0.15, -0.1) is 11.3 Å². The Labute approximate surface area is 335 Å². The van der Waals surface area contributed by atoms with Crippen molar-refractivity contribution in [1.29, 1.82) is 0 Å². The van der Waals surface area contributed by atoms with E-state index < -0.39 is 0 Å². The number of fused-ring (bicyclic) bond motifs is 9. The van der Waals surface area contributed by atoms with Crippen LogP contribution < -0.4 is 4.90 Å². The zero-order valence-electron chi connectivity index (χ0n) is 31.2. The number of aromatic nitrogens is 1. The van der Waals surface area contributed by atoms with Crippen molar-refractivity contribution < 1.29 is 0 Å². The molecule has 0 fully saturated rings. The highest BCUT2D eigenvalue weighted by Gasteiger charge is 2.19. The molecule has 0 aliphatic rings. The van der Waals surface area contributed by atoms with E-state index in [0.29, 0.717) is 0 Å². The Bertz CT molecular complexity index is 3360. The molecule has 0 atom stereocenters. The Morgan fingerprint density at radius 1 is 0.456 bits per heavy atom. The van der Waals surface area contributed by atoms with E-state index in [1.807, 2.05) is 23.5 Å². The summed E-state index contributed by atoms with van der Waals surface area (Å²) in [6.45, 7) is 7.91. The van der Waals surface area contributed by atoms with Crippen molar-refractivity contribution >= 4 is 92.2 Å². The second-order valence-corrected chi connectivity index (χ2v) is 15.7. The standard InChI is InChI=1S/C54H36N2S/c1-3-11-35(4-2)37-18-24-41(25-19-37)55(42-26-20-38(21-27-42)36-12-6-5-7-13-36)43-28-30-46-45-29-22-40(33-52(45)57-53(46)34-43)39-23-31-51-49(32-39)48-16-10-15-47-44-14-8-9-17-50(44)56(51)54(47)48/h3-34H,1-2H2. The van der Waals surface area contributed by atoms with Crippen molar-refractivity contribution in [2.45, 2.75) is 0 Å². The lowest BCUT2D eigenvalue weighted by Gasteiger charge is -2.26. The molecule has 268 valence electrons. The van der Waals surface area contributed by atoms with Gasteiger partial charge in [0.15, 0.2) is 0 Å². The van der Waals surface area contributed by atoms with Crippen LogP contribution in [-0.2, 0) is 0 Å². The van der Waals surface area contributed by atoms with Crippen molar-refractivity contribution in [3.05, 3.63) is 213 Å². The molecule has 8 aromatic carbocycles. The van der Waals surface area contributed by atoms with Crippen LogP contribution in [0.5, 0.6) is 0 Å². The summed E-state index contributed by atoms with van der Waals surface area (Å²) in [5.41, 5.74) is 14.1. The molecular weight excluding hydrogens is 709 g/mol. The molecule has 0 bridgehead atoms. The van der Waals surface area contributed by atoms with Crippen molar-refractivity contribution in [3.63, 3.8) is 0 Å². The molecule has 11 aromatic rings. The number of anilines is 3. The summed E-state index contributed by atoms with van der Waals surface area (Å²) in [6.07, 6.45) is 5.68. The maximum atomic E-state index is 4.02. The maximum Gasteiger partial charge on any atom is 0.0620 e. The minimum Gasteiger partial charge on any atom is -0.310 e. The summed E-state index contributed by atoms with van der Waals surface area (Å²) in [7, 11) is 0. The van der Waals surface area contributed by atoms with Crippen LogP contribution in [0, 0.1) is 0 Å².